The number of benzene rings is 2. The fourth-order valence-electron chi connectivity index (χ4n) is 1.96. The first-order valence-corrected chi connectivity index (χ1v) is 10.2. The van der Waals surface area contributed by atoms with Crippen LogP contribution < -0.4 is 0 Å². The Morgan fingerprint density at radius 3 is 2.12 bits per heavy atom. The lowest BCUT2D eigenvalue weighted by atomic mass is 10.2. The Morgan fingerprint density at radius 2 is 1.58 bits per heavy atom. The molecule has 2 aromatic carbocycles. The molecular weight excluding hydrogens is 412 g/mol. The average Bonchev–Trinajstić information content (AvgIpc) is 2.48. The molecule has 0 saturated heterocycles. The highest BCUT2D eigenvalue weighted by molar-refractivity contribution is 8.01. The van der Waals surface area contributed by atoms with E-state index >= 15 is 0 Å². The predicted octanol–water partition coefficient (Wildman–Crippen LogP) is 5.62. The third kappa shape index (κ3) is 4.54. The lowest BCUT2D eigenvalue weighted by molar-refractivity contribution is -0.0946. The van der Waals surface area contributed by atoms with Gasteiger partial charge in [0.1, 0.15) is 0 Å². The standard InChI is InChI=1S/C16H14F4O3S3/c1-10-4-3-5-12(8-10)24-13-6-7-14(11(2)9-13)25-15(17,18)16(19,20)26(21,22)23/h3-9H,1-2H3,(H,21,22,23). The fourth-order valence-corrected chi connectivity index (χ4v) is 4.49. The van der Waals surface area contributed by atoms with E-state index in [-0.39, 0.29) is 10.5 Å². The largest absolute Gasteiger partial charge is 0.442 e. The molecule has 0 heterocycles. The van der Waals surface area contributed by atoms with Crippen molar-refractivity contribution in [1.82, 2.24) is 0 Å². The monoisotopic (exact) mass is 426 g/mol. The van der Waals surface area contributed by atoms with Crippen LogP contribution in [0.4, 0.5) is 17.6 Å². The quantitative estimate of drug-likeness (QED) is 0.369. The molecule has 142 valence electrons. The summed E-state index contributed by atoms with van der Waals surface area (Å²) in [4.78, 5) is 1.42. The molecule has 0 aliphatic rings. The van der Waals surface area contributed by atoms with Crippen molar-refractivity contribution in [3.8, 4) is 0 Å². The van der Waals surface area contributed by atoms with Crippen LogP contribution in [0.3, 0.4) is 0 Å². The summed E-state index contributed by atoms with van der Waals surface area (Å²) in [5, 5.41) is -10.6. The molecule has 26 heavy (non-hydrogen) atoms. The van der Waals surface area contributed by atoms with Crippen LogP contribution in [0.25, 0.3) is 0 Å². The van der Waals surface area contributed by atoms with Crippen LogP contribution in [0, 0.1) is 13.8 Å². The van der Waals surface area contributed by atoms with Gasteiger partial charge in [-0.05, 0) is 61.5 Å². The normalized spacial score (nSPS) is 13.0. The minimum Gasteiger partial charge on any atom is -0.281 e. The van der Waals surface area contributed by atoms with Gasteiger partial charge in [-0.25, -0.2) is 0 Å². The third-order valence-electron chi connectivity index (χ3n) is 3.27. The molecule has 2 rings (SSSR count). The summed E-state index contributed by atoms with van der Waals surface area (Å²) in [5.74, 6) is 0. The molecule has 3 nitrogen and oxygen atoms in total. The summed E-state index contributed by atoms with van der Waals surface area (Å²) in [6.07, 6.45) is 0. The molecule has 0 aliphatic carbocycles. The van der Waals surface area contributed by atoms with Crippen molar-refractivity contribution in [2.24, 2.45) is 0 Å². The topological polar surface area (TPSA) is 54.4 Å². The summed E-state index contributed by atoms with van der Waals surface area (Å²) in [6.45, 7) is 3.37. The molecule has 1 N–H and O–H groups in total. The van der Waals surface area contributed by atoms with Crippen LogP contribution in [-0.2, 0) is 10.1 Å². The van der Waals surface area contributed by atoms with E-state index in [1.54, 1.807) is 0 Å². The van der Waals surface area contributed by atoms with Crippen molar-refractivity contribution in [1.29, 1.82) is 0 Å². The van der Waals surface area contributed by atoms with E-state index in [0.29, 0.717) is 4.90 Å². The third-order valence-corrected chi connectivity index (χ3v) is 6.48. The molecule has 0 aliphatic heterocycles. The predicted molar refractivity (Wildman–Crippen MR) is 93.8 cm³/mol. The highest BCUT2D eigenvalue weighted by Crippen LogP contribution is 2.50. The van der Waals surface area contributed by atoms with Gasteiger partial charge in [-0.2, -0.15) is 26.0 Å². The van der Waals surface area contributed by atoms with Crippen LogP contribution in [0.15, 0.2) is 57.2 Å². The fraction of sp³-hybridized carbons (Fsp3) is 0.250. The first-order chi connectivity index (χ1) is 11.8. The number of alkyl halides is 4. The first-order valence-electron chi connectivity index (χ1n) is 7.10. The van der Waals surface area contributed by atoms with Gasteiger partial charge >= 0.3 is 20.6 Å². The molecule has 0 atom stereocenters. The van der Waals surface area contributed by atoms with Gasteiger partial charge < -0.3 is 0 Å². The summed E-state index contributed by atoms with van der Waals surface area (Å²) < 4.78 is 83.6. The van der Waals surface area contributed by atoms with Gasteiger partial charge in [0.25, 0.3) is 0 Å². The van der Waals surface area contributed by atoms with Gasteiger partial charge in [0.15, 0.2) is 0 Å². The summed E-state index contributed by atoms with van der Waals surface area (Å²) in [6, 6.07) is 11.8. The van der Waals surface area contributed by atoms with Crippen LogP contribution >= 0.6 is 23.5 Å². The van der Waals surface area contributed by atoms with Crippen molar-refractivity contribution in [3.63, 3.8) is 0 Å². The minimum atomic E-state index is -6.25. The van der Waals surface area contributed by atoms with Crippen molar-refractivity contribution < 1.29 is 30.5 Å². The second kappa shape index (κ2) is 7.41. The second-order valence-electron chi connectivity index (χ2n) is 5.46. The van der Waals surface area contributed by atoms with Crippen LogP contribution in [0.2, 0.25) is 0 Å². The SMILES string of the molecule is Cc1cccc(Sc2ccc(SC(F)(F)C(F)(F)S(=O)(=O)O)c(C)c2)c1. The van der Waals surface area contributed by atoms with E-state index in [1.165, 1.54) is 36.9 Å². The van der Waals surface area contributed by atoms with Gasteiger partial charge in [-0.15, -0.1) is 0 Å². The summed E-state index contributed by atoms with van der Waals surface area (Å²) in [5.41, 5.74) is 1.32. The lowest BCUT2D eigenvalue weighted by Crippen LogP contribution is -2.44. The first kappa shape index (κ1) is 21.1. The lowest BCUT2D eigenvalue weighted by Gasteiger charge is -2.23. The zero-order valence-electron chi connectivity index (χ0n) is 13.5. The van der Waals surface area contributed by atoms with Gasteiger partial charge in [0.05, 0.1) is 0 Å². The Balaban J connectivity index is 2.25. The zero-order valence-corrected chi connectivity index (χ0v) is 16.0. The number of hydrogen-bond donors (Lipinski definition) is 1. The number of hydrogen-bond acceptors (Lipinski definition) is 4. The van der Waals surface area contributed by atoms with E-state index in [2.05, 4.69) is 0 Å². The van der Waals surface area contributed by atoms with Crippen molar-refractivity contribution >= 4 is 33.6 Å². The number of rotatable bonds is 6. The Labute approximate surface area is 156 Å². The molecule has 2 aromatic rings. The molecule has 0 spiro atoms. The van der Waals surface area contributed by atoms with Crippen molar-refractivity contribution in [3.05, 3.63) is 53.6 Å². The number of halogens is 4. The molecular formula is C16H14F4O3S3. The molecule has 0 amide bonds. The minimum absolute atomic E-state index is 0.216. The van der Waals surface area contributed by atoms with E-state index < -0.39 is 32.4 Å². The van der Waals surface area contributed by atoms with Crippen LogP contribution in [0.5, 0.6) is 0 Å². The maximum absolute atomic E-state index is 13.7. The molecule has 0 aromatic heterocycles. The number of thioether (sulfide) groups is 1. The molecule has 0 radical (unpaired) electrons. The smallest absolute Gasteiger partial charge is 0.281 e. The van der Waals surface area contributed by atoms with E-state index in [9.17, 15) is 26.0 Å². The zero-order chi connectivity index (χ0) is 19.8. The average molecular weight is 426 g/mol. The van der Waals surface area contributed by atoms with Gasteiger partial charge in [0.2, 0.25) is 0 Å². The molecule has 0 fully saturated rings. The Hall–Kier alpha value is -1.23. The Morgan fingerprint density at radius 1 is 0.962 bits per heavy atom. The van der Waals surface area contributed by atoms with E-state index in [1.807, 2.05) is 31.2 Å². The van der Waals surface area contributed by atoms with Gasteiger partial charge in [0, 0.05) is 14.7 Å². The van der Waals surface area contributed by atoms with Gasteiger partial charge in [-0.3, -0.25) is 4.55 Å². The van der Waals surface area contributed by atoms with E-state index in [4.69, 9.17) is 4.55 Å². The summed E-state index contributed by atoms with van der Waals surface area (Å²) >= 11 is 0.764. The van der Waals surface area contributed by atoms with Crippen LogP contribution in [0.1, 0.15) is 11.1 Å². The second-order valence-corrected chi connectivity index (χ2v) is 9.22. The Kier molecular flexibility index (Phi) is 6.01. The maximum Gasteiger partial charge on any atom is 0.442 e. The molecule has 0 bridgehead atoms. The molecule has 0 saturated carbocycles. The molecule has 0 unspecified atom stereocenters. The Bertz CT molecular complexity index is 915. The van der Waals surface area contributed by atoms with Gasteiger partial charge in [-0.1, -0.05) is 29.5 Å². The van der Waals surface area contributed by atoms with Crippen molar-refractivity contribution in [2.75, 3.05) is 0 Å². The summed E-state index contributed by atoms with van der Waals surface area (Å²) in [7, 11) is -6.25. The maximum atomic E-state index is 13.7. The molecule has 10 heteroatoms. The van der Waals surface area contributed by atoms with E-state index in [0.717, 1.165) is 10.5 Å². The number of aryl methyl sites for hydroxylation is 2. The van der Waals surface area contributed by atoms with Crippen molar-refractivity contribution in [2.45, 2.75) is 39.0 Å². The van der Waals surface area contributed by atoms with Crippen LogP contribution in [-0.4, -0.2) is 23.5 Å². The highest BCUT2D eigenvalue weighted by Gasteiger charge is 2.66. The highest BCUT2D eigenvalue weighted by atomic mass is 32.2.